The van der Waals surface area contributed by atoms with Crippen LogP contribution in [0, 0.1) is 0 Å². The third-order valence-electron chi connectivity index (χ3n) is 4.59. The van der Waals surface area contributed by atoms with Crippen LogP contribution in [0.5, 0.6) is 0 Å². The Hall–Kier alpha value is -0.690. The molecular weight excluding hydrogens is 258 g/mol. The lowest BCUT2D eigenvalue weighted by Gasteiger charge is -2.34. The van der Waals surface area contributed by atoms with Gasteiger partial charge in [-0.05, 0) is 26.7 Å². The zero-order valence-electron chi connectivity index (χ0n) is 12.5. The molecule has 3 atom stereocenters. The summed E-state index contributed by atoms with van der Waals surface area (Å²) in [7, 11) is 0. The molecule has 0 radical (unpaired) electrons. The Morgan fingerprint density at radius 2 is 2.10 bits per heavy atom. The number of nitrogens with zero attached hydrogens (tertiary/aromatic N) is 2. The third-order valence-corrected chi connectivity index (χ3v) is 4.59. The Labute approximate surface area is 120 Å². The predicted molar refractivity (Wildman–Crippen MR) is 76.7 cm³/mol. The molecular formula is C14H27N3O3. The van der Waals surface area contributed by atoms with Crippen molar-refractivity contribution in [2.45, 2.75) is 44.3 Å². The summed E-state index contributed by atoms with van der Waals surface area (Å²) in [4.78, 5) is 16.0. The van der Waals surface area contributed by atoms with Gasteiger partial charge in [0.1, 0.15) is 5.54 Å². The number of aliphatic carboxylic acids is 1. The second-order valence-electron chi connectivity index (χ2n) is 6.36. The molecule has 3 N–H and O–H groups in total. The Bertz CT molecular complexity index is 343. The number of carbonyl (C=O) groups is 1. The number of nitrogens with two attached hydrogens (primary N) is 1. The molecule has 0 spiro atoms. The maximum absolute atomic E-state index is 11.1. The summed E-state index contributed by atoms with van der Waals surface area (Å²) in [5.41, 5.74) is 4.71. The van der Waals surface area contributed by atoms with Crippen molar-refractivity contribution in [1.82, 2.24) is 9.80 Å². The van der Waals surface area contributed by atoms with E-state index in [1.54, 1.807) is 6.92 Å². The van der Waals surface area contributed by atoms with E-state index in [2.05, 4.69) is 16.7 Å². The van der Waals surface area contributed by atoms with Crippen LogP contribution >= 0.6 is 0 Å². The van der Waals surface area contributed by atoms with Crippen molar-refractivity contribution < 1.29 is 14.6 Å². The minimum absolute atomic E-state index is 0.201. The third kappa shape index (κ3) is 3.69. The first-order chi connectivity index (χ1) is 9.40. The van der Waals surface area contributed by atoms with Crippen molar-refractivity contribution in [2.24, 2.45) is 5.73 Å². The molecule has 2 fully saturated rings. The first-order valence-electron chi connectivity index (χ1n) is 7.48. The van der Waals surface area contributed by atoms with Gasteiger partial charge in [-0.1, -0.05) is 0 Å². The van der Waals surface area contributed by atoms with Crippen LogP contribution in [-0.2, 0) is 9.53 Å². The van der Waals surface area contributed by atoms with E-state index in [1.807, 2.05) is 0 Å². The average molecular weight is 285 g/mol. The highest BCUT2D eigenvalue weighted by Gasteiger charge is 2.35. The zero-order chi connectivity index (χ0) is 14.8. The molecule has 0 saturated carbocycles. The van der Waals surface area contributed by atoms with Crippen LogP contribution in [0.25, 0.3) is 0 Å². The van der Waals surface area contributed by atoms with Crippen LogP contribution in [0.3, 0.4) is 0 Å². The highest BCUT2D eigenvalue weighted by Crippen LogP contribution is 2.22. The summed E-state index contributed by atoms with van der Waals surface area (Å²) in [5.74, 6) is -0.923. The number of hydrogen-bond acceptors (Lipinski definition) is 5. The van der Waals surface area contributed by atoms with Gasteiger partial charge in [0, 0.05) is 38.3 Å². The van der Waals surface area contributed by atoms with Crippen LogP contribution < -0.4 is 5.73 Å². The highest BCUT2D eigenvalue weighted by molar-refractivity contribution is 5.77. The fourth-order valence-electron chi connectivity index (χ4n) is 3.24. The first kappa shape index (κ1) is 15.7. The zero-order valence-corrected chi connectivity index (χ0v) is 12.5. The van der Waals surface area contributed by atoms with E-state index in [1.165, 1.54) is 0 Å². The maximum atomic E-state index is 11.1. The van der Waals surface area contributed by atoms with Crippen LogP contribution in [0.4, 0.5) is 0 Å². The van der Waals surface area contributed by atoms with Crippen molar-refractivity contribution in [1.29, 1.82) is 0 Å². The Morgan fingerprint density at radius 1 is 1.45 bits per heavy atom. The normalized spacial score (nSPS) is 30.1. The number of ether oxygens (including phenoxy) is 1. The SMILES string of the molecule is CC(CC(C)(N)C(=O)O)N1CCC(N2CCOCC2)C1. The number of morpholine rings is 1. The Kier molecular flexibility index (Phi) is 5.01. The first-order valence-corrected chi connectivity index (χ1v) is 7.48. The van der Waals surface area contributed by atoms with Crippen molar-refractivity contribution in [3.05, 3.63) is 0 Å². The highest BCUT2D eigenvalue weighted by atomic mass is 16.5. The van der Waals surface area contributed by atoms with E-state index in [9.17, 15) is 4.79 Å². The lowest BCUT2D eigenvalue weighted by atomic mass is 9.94. The van der Waals surface area contributed by atoms with E-state index < -0.39 is 11.5 Å². The summed E-state index contributed by atoms with van der Waals surface area (Å²) in [6.07, 6.45) is 1.64. The van der Waals surface area contributed by atoms with E-state index in [-0.39, 0.29) is 6.04 Å². The van der Waals surface area contributed by atoms with Crippen molar-refractivity contribution in [3.63, 3.8) is 0 Å². The fourth-order valence-corrected chi connectivity index (χ4v) is 3.24. The maximum Gasteiger partial charge on any atom is 0.323 e. The lowest BCUT2D eigenvalue weighted by molar-refractivity contribution is -0.143. The minimum atomic E-state index is -1.14. The fraction of sp³-hybridized carbons (Fsp3) is 0.929. The number of carboxylic acids is 1. The molecule has 0 aromatic heterocycles. The standard InChI is InChI=1S/C14H27N3O3/c1-11(9-14(2,15)13(18)19)17-4-3-12(10-17)16-5-7-20-8-6-16/h11-12H,3-10,15H2,1-2H3,(H,18,19). The van der Waals surface area contributed by atoms with E-state index >= 15 is 0 Å². The quantitative estimate of drug-likeness (QED) is 0.739. The van der Waals surface area contributed by atoms with Gasteiger partial charge in [0.25, 0.3) is 0 Å². The van der Waals surface area contributed by atoms with Gasteiger partial charge in [-0.3, -0.25) is 14.6 Å². The van der Waals surface area contributed by atoms with Crippen LogP contribution in [-0.4, -0.2) is 77.9 Å². The van der Waals surface area contributed by atoms with E-state index in [4.69, 9.17) is 15.6 Å². The molecule has 20 heavy (non-hydrogen) atoms. The largest absolute Gasteiger partial charge is 0.480 e. The molecule has 116 valence electrons. The Balaban J connectivity index is 1.84. The molecule has 6 nitrogen and oxygen atoms in total. The lowest BCUT2D eigenvalue weighted by Crippen LogP contribution is -2.50. The van der Waals surface area contributed by atoms with Gasteiger partial charge in [0.2, 0.25) is 0 Å². The summed E-state index contributed by atoms with van der Waals surface area (Å²) >= 11 is 0. The monoisotopic (exact) mass is 285 g/mol. The molecule has 0 amide bonds. The number of carboxylic acid groups (broad SMARTS) is 1. The molecule has 6 heteroatoms. The smallest absolute Gasteiger partial charge is 0.323 e. The molecule has 0 aromatic rings. The Morgan fingerprint density at radius 3 is 2.70 bits per heavy atom. The summed E-state index contributed by atoms with van der Waals surface area (Å²) in [6, 6.07) is 0.780. The van der Waals surface area contributed by atoms with Gasteiger partial charge in [-0.2, -0.15) is 0 Å². The van der Waals surface area contributed by atoms with E-state index in [0.29, 0.717) is 12.5 Å². The molecule has 0 bridgehead atoms. The molecule has 3 unspecified atom stereocenters. The van der Waals surface area contributed by atoms with Crippen molar-refractivity contribution in [3.8, 4) is 0 Å². The molecule has 0 aromatic carbocycles. The minimum Gasteiger partial charge on any atom is -0.480 e. The van der Waals surface area contributed by atoms with Gasteiger partial charge < -0.3 is 15.6 Å². The van der Waals surface area contributed by atoms with Crippen LogP contribution in [0.1, 0.15) is 26.7 Å². The van der Waals surface area contributed by atoms with Gasteiger partial charge in [-0.15, -0.1) is 0 Å². The van der Waals surface area contributed by atoms with Crippen molar-refractivity contribution >= 4 is 5.97 Å². The number of likely N-dealkylation sites (tertiary alicyclic amines) is 1. The van der Waals surface area contributed by atoms with Gasteiger partial charge in [-0.25, -0.2) is 0 Å². The topological polar surface area (TPSA) is 79.0 Å². The van der Waals surface area contributed by atoms with Crippen molar-refractivity contribution in [2.75, 3.05) is 39.4 Å². The average Bonchev–Trinajstić information content (AvgIpc) is 2.88. The van der Waals surface area contributed by atoms with Crippen LogP contribution in [0.15, 0.2) is 0 Å². The number of rotatable bonds is 5. The summed E-state index contributed by atoms with van der Waals surface area (Å²) in [6.45, 7) is 9.39. The molecule has 0 aliphatic carbocycles. The van der Waals surface area contributed by atoms with Crippen LogP contribution in [0.2, 0.25) is 0 Å². The second kappa shape index (κ2) is 6.39. The molecule has 2 aliphatic heterocycles. The van der Waals surface area contributed by atoms with E-state index in [0.717, 1.165) is 45.8 Å². The molecule has 2 rings (SSSR count). The van der Waals surface area contributed by atoms with Gasteiger partial charge >= 0.3 is 5.97 Å². The van der Waals surface area contributed by atoms with Gasteiger partial charge in [0.15, 0.2) is 0 Å². The predicted octanol–water partition coefficient (Wildman–Crippen LogP) is -0.0265. The summed E-state index contributed by atoms with van der Waals surface area (Å²) in [5, 5.41) is 9.12. The molecule has 2 heterocycles. The second-order valence-corrected chi connectivity index (χ2v) is 6.36. The number of hydrogen-bond donors (Lipinski definition) is 2. The van der Waals surface area contributed by atoms with Gasteiger partial charge in [0.05, 0.1) is 13.2 Å². The summed E-state index contributed by atoms with van der Waals surface area (Å²) < 4.78 is 5.39. The molecule has 2 saturated heterocycles. The molecule has 2 aliphatic rings.